The minimum Gasteiger partial charge on any atom is -0.380 e. The summed E-state index contributed by atoms with van der Waals surface area (Å²) in [6.45, 7) is 0. The van der Waals surface area contributed by atoms with Gasteiger partial charge >= 0.3 is 0 Å². The third-order valence-corrected chi connectivity index (χ3v) is 2.44. The summed E-state index contributed by atoms with van der Waals surface area (Å²) in [5, 5.41) is 9.16. The van der Waals surface area contributed by atoms with Crippen molar-refractivity contribution in [1.82, 2.24) is 0 Å². The summed E-state index contributed by atoms with van der Waals surface area (Å²) in [7, 11) is 0. The number of nitrogens with two attached hydrogens (primary N) is 1. The zero-order valence-corrected chi connectivity index (χ0v) is 6.92. The number of carbonyl (C=O) groups excluding carboxylic acids is 1. The smallest absolute Gasteiger partial charge is 0.249 e. The van der Waals surface area contributed by atoms with E-state index in [-0.39, 0.29) is 12.8 Å². The Morgan fingerprint density at radius 2 is 1.92 bits per heavy atom. The zero-order chi connectivity index (χ0) is 9.19. The molecule has 4 heteroatoms. The Labute approximate surface area is 70.7 Å². The fourth-order valence-electron chi connectivity index (χ4n) is 1.67. The highest BCUT2D eigenvalue weighted by Gasteiger charge is 2.42. The Hall–Kier alpha value is -0.640. The largest absolute Gasteiger partial charge is 0.380 e. The first-order valence-corrected chi connectivity index (χ1v) is 4.22. The molecule has 0 bridgehead atoms. The van der Waals surface area contributed by atoms with E-state index in [1.165, 1.54) is 0 Å². The molecule has 0 aliphatic heterocycles. The van der Waals surface area contributed by atoms with Crippen molar-refractivity contribution in [3.8, 4) is 0 Å². The minimum absolute atomic E-state index is 0.247. The molecule has 70 valence electrons. The first-order chi connectivity index (χ1) is 5.56. The van der Waals surface area contributed by atoms with Crippen LogP contribution in [0.4, 0.5) is 4.39 Å². The van der Waals surface area contributed by atoms with Crippen LogP contribution >= 0.6 is 0 Å². The highest BCUT2D eigenvalue weighted by atomic mass is 19.1. The predicted octanol–water partition coefficient (Wildman–Crippen LogP) is 0.505. The van der Waals surface area contributed by atoms with Crippen molar-refractivity contribution in [1.29, 1.82) is 0 Å². The lowest BCUT2D eigenvalue weighted by Gasteiger charge is -2.31. The topological polar surface area (TPSA) is 63.3 Å². The predicted molar refractivity (Wildman–Crippen MR) is 42.1 cm³/mol. The van der Waals surface area contributed by atoms with Crippen LogP contribution in [0.3, 0.4) is 0 Å². The van der Waals surface area contributed by atoms with Crippen LogP contribution in [-0.4, -0.2) is 22.8 Å². The molecule has 3 nitrogen and oxygen atoms in total. The lowest BCUT2D eigenvalue weighted by Crippen LogP contribution is -2.47. The summed E-state index contributed by atoms with van der Waals surface area (Å²) in [4.78, 5) is 10.5. The first kappa shape index (κ1) is 9.45. The van der Waals surface area contributed by atoms with Gasteiger partial charge in [-0.25, -0.2) is 4.39 Å². The van der Waals surface area contributed by atoms with Gasteiger partial charge in [0, 0.05) is 0 Å². The minimum atomic E-state index is -1.76. The van der Waals surface area contributed by atoms with Crippen molar-refractivity contribution in [3.05, 3.63) is 0 Å². The van der Waals surface area contributed by atoms with E-state index in [4.69, 9.17) is 10.8 Å². The number of alkyl halides is 1. The molecule has 0 aromatic carbocycles. The molecule has 0 spiro atoms. The molecule has 3 N–H and O–H groups in total. The Morgan fingerprint density at radius 3 is 2.33 bits per heavy atom. The Morgan fingerprint density at radius 1 is 1.42 bits per heavy atom. The van der Waals surface area contributed by atoms with Crippen LogP contribution in [-0.2, 0) is 4.79 Å². The lowest BCUT2D eigenvalue weighted by atomic mass is 9.82. The van der Waals surface area contributed by atoms with Crippen LogP contribution in [0.15, 0.2) is 0 Å². The molecule has 1 fully saturated rings. The average molecular weight is 175 g/mol. The third kappa shape index (κ3) is 1.75. The molecule has 1 aliphatic rings. The molecule has 0 aromatic rings. The quantitative estimate of drug-likeness (QED) is 0.642. The second-order valence-electron chi connectivity index (χ2n) is 3.40. The van der Waals surface area contributed by atoms with E-state index in [0.717, 1.165) is 19.3 Å². The van der Waals surface area contributed by atoms with Crippen LogP contribution in [0.1, 0.15) is 32.1 Å². The summed E-state index contributed by atoms with van der Waals surface area (Å²) >= 11 is 0. The van der Waals surface area contributed by atoms with Crippen molar-refractivity contribution in [2.75, 3.05) is 0 Å². The number of rotatable bonds is 2. The molecule has 1 aliphatic carbocycles. The van der Waals surface area contributed by atoms with Crippen LogP contribution in [0.5, 0.6) is 0 Å². The molecular weight excluding hydrogens is 161 g/mol. The SMILES string of the molecule is NC(=O)C(O)C1(F)CCCCC1. The van der Waals surface area contributed by atoms with E-state index in [0.29, 0.717) is 0 Å². The van der Waals surface area contributed by atoms with Crippen LogP contribution in [0, 0.1) is 0 Å². The van der Waals surface area contributed by atoms with Gasteiger partial charge in [-0.15, -0.1) is 0 Å². The molecule has 1 amide bonds. The van der Waals surface area contributed by atoms with E-state index in [9.17, 15) is 9.18 Å². The van der Waals surface area contributed by atoms with Gasteiger partial charge in [0.1, 0.15) is 5.67 Å². The molecule has 1 rings (SSSR count). The molecule has 0 saturated heterocycles. The number of carbonyl (C=O) groups is 1. The van der Waals surface area contributed by atoms with Crippen molar-refractivity contribution in [2.24, 2.45) is 5.73 Å². The number of hydrogen-bond donors (Lipinski definition) is 2. The van der Waals surface area contributed by atoms with Crippen molar-refractivity contribution in [2.45, 2.75) is 43.9 Å². The number of primary amides is 1. The molecule has 1 unspecified atom stereocenters. The second-order valence-corrected chi connectivity index (χ2v) is 3.40. The van der Waals surface area contributed by atoms with Crippen LogP contribution < -0.4 is 5.73 Å². The van der Waals surface area contributed by atoms with Gasteiger partial charge in [-0.05, 0) is 12.8 Å². The van der Waals surface area contributed by atoms with E-state index in [2.05, 4.69) is 0 Å². The van der Waals surface area contributed by atoms with Crippen molar-refractivity contribution in [3.63, 3.8) is 0 Å². The van der Waals surface area contributed by atoms with Gasteiger partial charge < -0.3 is 10.8 Å². The van der Waals surface area contributed by atoms with Crippen LogP contribution in [0.2, 0.25) is 0 Å². The maximum atomic E-state index is 13.7. The molecule has 0 radical (unpaired) electrons. The Balaban J connectivity index is 2.62. The first-order valence-electron chi connectivity index (χ1n) is 4.22. The lowest BCUT2D eigenvalue weighted by molar-refractivity contribution is -0.136. The molecular formula is C8H14FNO2. The standard InChI is InChI=1S/C8H14FNO2/c9-8(6(11)7(10)12)4-2-1-3-5-8/h6,11H,1-5H2,(H2,10,12). The van der Waals surface area contributed by atoms with Crippen molar-refractivity contribution >= 4 is 5.91 Å². The Kier molecular flexibility index (Phi) is 2.67. The molecule has 0 heterocycles. The zero-order valence-electron chi connectivity index (χ0n) is 6.92. The highest BCUT2D eigenvalue weighted by Crippen LogP contribution is 2.34. The number of aliphatic hydroxyl groups is 1. The summed E-state index contributed by atoms with van der Waals surface area (Å²) in [6.07, 6.45) is 1.28. The maximum absolute atomic E-state index is 13.7. The fourth-order valence-corrected chi connectivity index (χ4v) is 1.67. The monoisotopic (exact) mass is 175 g/mol. The summed E-state index contributed by atoms with van der Waals surface area (Å²) in [5.41, 5.74) is 3.06. The van der Waals surface area contributed by atoms with Gasteiger partial charge in [0.15, 0.2) is 6.10 Å². The summed E-state index contributed by atoms with van der Waals surface area (Å²) < 4.78 is 13.7. The van der Waals surface area contributed by atoms with Crippen molar-refractivity contribution < 1.29 is 14.3 Å². The average Bonchev–Trinajstić information content (AvgIpc) is 2.04. The van der Waals surface area contributed by atoms with E-state index in [1.54, 1.807) is 0 Å². The Bertz CT molecular complexity index is 178. The third-order valence-electron chi connectivity index (χ3n) is 2.44. The van der Waals surface area contributed by atoms with Gasteiger partial charge in [0.05, 0.1) is 0 Å². The van der Waals surface area contributed by atoms with Gasteiger partial charge in [-0.2, -0.15) is 0 Å². The van der Waals surface area contributed by atoms with E-state index in [1.807, 2.05) is 0 Å². The number of halogens is 1. The van der Waals surface area contributed by atoms with Gasteiger partial charge in [0.25, 0.3) is 0 Å². The number of aliphatic hydroxyl groups excluding tert-OH is 1. The maximum Gasteiger partial charge on any atom is 0.249 e. The van der Waals surface area contributed by atoms with Gasteiger partial charge in [-0.3, -0.25) is 4.79 Å². The normalized spacial score (nSPS) is 24.8. The van der Waals surface area contributed by atoms with Crippen LogP contribution in [0.25, 0.3) is 0 Å². The fraction of sp³-hybridized carbons (Fsp3) is 0.875. The number of hydrogen-bond acceptors (Lipinski definition) is 2. The number of amides is 1. The van der Waals surface area contributed by atoms with Gasteiger partial charge in [-0.1, -0.05) is 19.3 Å². The molecule has 12 heavy (non-hydrogen) atoms. The highest BCUT2D eigenvalue weighted by molar-refractivity contribution is 5.80. The summed E-state index contributed by atoms with van der Waals surface area (Å²) in [5.74, 6) is -0.959. The molecule has 0 aromatic heterocycles. The summed E-state index contributed by atoms with van der Waals surface area (Å²) in [6, 6.07) is 0. The van der Waals surface area contributed by atoms with E-state index < -0.39 is 17.7 Å². The second kappa shape index (κ2) is 3.39. The van der Waals surface area contributed by atoms with E-state index >= 15 is 0 Å². The molecule has 1 atom stereocenters. The van der Waals surface area contributed by atoms with Gasteiger partial charge in [0.2, 0.25) is 5.91 Å². The molecule has 1 saturated carbocycles.